The van der Waals surface area contributed by atoms with Crippen molar-refractivity contribution in [3.63, 3.8) is 0 Å². The molecule has 0 aromatic carbocycles. The molecule has 1 heterocycles. The molecule has 0 saturated heterocycles. The third-order valence-electron chi connectivity index (χ3n) is 1.34. The molecule has 0 bridgehead atoms. The second kappa shape index (κ2) is 3.13. The van der Waals surface area contributed by atoms with E-state index in [9.17, 15) is 13.2 Å². The molecule has 14 heavy (non-hydrogen) atoms. The van der Waals surface area contributed by atoms with Crippen molar-refractivity contribution in [3.05, 3.63) is 17.6 Å². The highest BCUT2D eigenvalue weighted by Gasteiger charge is 2.36. The number of rotatable bonds is 0. The molecule has 4 N–H and O–H groups in total. The molecule has 1 rings (SSSR count). The number of hydrogen-bond donors (Lipinski definition) is 3. The van der Waals surface area contributed by atoms with Gasteiger partial charge >= 0.3 is 6.18 Å². The van der Waals surface area contributed by atoms with E-state index < -0.39 is 17.5 Å². The average molecular weight is 205 g/mol. The number of hydrogen-bond acceptors (Lipinski definition) is 4. The van der Waals surface area contributed by atoms with Crippen LogP contribution in [0.5, 0.6) is 0 Å². The minimum atomic E-state index is -4.85. The number of nitrogens with zero attached hydrogens (tertiary/aromatic N) is 2. The fraction of sp³-hybridized carbons (Fsp3) is 0.167. The summed E-state index contributed by atoms with van der Waals surface area (Å²) in [6.45, 7) is 0. The van der Waals surface area contributed by atoms with Crippen LogP contribution in [0.15, 0.2) is 12.1 Å². The van der Waals surface area contributed by atoms with Crippen molar-refractivity contribution in [1.82, 2.24) is 9.78 Å². The molecule has 0 fully saturated rings. The van der Waals surface area contributed by atoms with E-state index in [2.05, 4.69) is 5.10 Å². The van der Waals surface area contributed by atoms with Crippen LogP contribution in [0.1, 0.15) is 0 Å². The molecule has 0 spiro atoms. The van der Waals surface area contributed by atoms with E-state index >= 15 is 0 Å². The van der Waals surface area contributed by atoms with Crippen molar-refractivity contribution in [2.75, 3.05) is 5.73 Å². The first-order valence-corrected chi connectivity index (χ1v) is 3.39. The van der Waals surface area contributed by atoms with Gasteiger partial charge < -0.3 is 5.73 Å². The van der Waals surface area contributed by atoms with E-state index in [1.807, 2.05) is 0 Å². The average Bonchev–Trinajstić information content (AvgIpc) is 2.06. The third kappa shape index (κ3) is 1.90. The van der Waals surface area contributed by atoms with Gasteiger partial charge in [0.05, 0.1) is 0 Å². The first kappa shape index (κ1) is 10.2. The van der Waals surface area contributed by atoms with Crippen molar-refractivity contribution in [2.24, 2.45) is 0 Å². The van der Waals surface area contributed by atoms with Crippen LogP contribution in [0.25, 0.3) is 0 Å². The van der Waals surface area contributed by atoms with Gasteiger partial charge in [0.1, 0.15) is 11.3 Å². The molecule has 0 unspecified atom stereocenters. The molecule has 0 aliphatic carbocycles. The zero-order chi connectivity index (χ0) is 10.9. The molecule has 1 aromatic heterocycles. The molecule has 0 amide bonds. The largest absolute Gasteiger partial charge is 0.451 e. The highest BCUT2D eigenvalue weighted by molar-refractivity contribution is 5.85. The summed E-state index contributed by atoms with van der Waals surface area (Å²) in [5.74, 6) is -1.93. The molecule has 0 saturated carbocycles. The van der Waals surface area contributed by atoms with Crippen LogP contribution in [-0.2, 0) is 0 Å². The molecule has 1 aromatic rings. The quantitative estimate of drug-likeness (QED) is 0.420. The Labute approximate surface area is 76.0 Å². The summed E-state index contributed by atoms with van der Waals surface area (Å²) in [6.07, 6.45) is -4.85. The fourth-order valence-electron chi connectivity index (χ4n) is 0.728. The van der Waals surface area contributed by atoms with Gasteiger partial charge in [-0.15, -0.1) is 5.10 Å². The van der Waals surface area contributed by atoms with Crippen LogP contribution >= 0.6 is 0 Å². The van der Waals surface area contributed by atoms with E-state index in [-0.39, 0.29) is 10.5 Å². The second-order valence-corrected chi connectivity index (χ2v) is 2.40. The van der Waals surface area contributed by atoms with Gasteiger partial charge in [0, 0.05) is 0 Å². The Kier molecular flexibility index (Phi) is 2.28. The number of nitrogens with two attached hydrogens (primary N) is 1. The van der Waals surface area contributed by atoms with Crippen LogP contribution in [0, 0.1) is 10.8 Å². The van der Waals surface area contributed by atoms with E-state index in [0.29, 0.717) is 0 Å². The number of anilines is 1. The van der Waals surface area contributed by atoms with Crippen molar-refractivity contribution in [1.29, 1.82) is 10.8 Å². The van der Waals surface area contributed by atoms with Gasteiger partial charge in [0.2, 0.25) is 5.84 Å². The van der Waals surface area contributed by atoms with Crippen molar-refractivity contribution >= 4 is 11.7 Å². The summed E-state index contributed by atoms with van der Waals surface area (Å²) in [5, 5.41) is 17.0. The van der Waals surface area contributed by atoms with Crippen LogP contribution in [0.4, 0.5) is 19.0 Å². The summed E-state index contributed by atoms with van der Waals surface area (Å²) >= 11 is 0. The monoisotopic (exact) mass is 205 g/mol. The van der Waals surface area contributed by atoms with Gasteiger partial charge in [-0.05, 0) is 12.1 Å². The highest BCUT2D eigenvalue weighted by atomic mass is 19.4. The standard InChI is InChI=1S/C6H6F3N5/c7-6(8,9)5(12)14-4(11)2-1-3(10)13-14/h1-2,11-12H,(H2,10,13). The highest BCUT2D eigenvalue weighted by Crippen LogP contribution is 2.15. The van der Waals surface area contributed by atoms with Gasteiger partial charge in [0.25, 0.3) is 0 Å². The number of halogens is 3. The predicted molar refractivity (Wildman–Crippen MR) is 41.7 cm³/mol. The van der Waals surface area contributed by atoms with Gasteiger partial charge in [-0.1, -0.05) is 0 Å². The van der Waals surface area contributed by atoms with Gasteiger partial charge in [-0.3, -0.25) is 10.8 Å². The predicted octanol–water partition coefficient (Wildman–Crippen LogP) is 0.332. The maximum atomic E-state index is 12.0. The minimum Gasteiger partial charge on any atom is -0.382 e. The Bertz CT molecular complexity index is 418. The molecule has 0 atom stereocenters. The molecule has 0 aliphatic heterocycles. The van der Waals surface area contributed by atoms with E-state index in [4.69, 9.17) is 16.6 Å². The van der Waals surface area contributed by atoms with Gasteiger partial charge in [-0.2, -0.15) is 17.9 Å². The van der Waals surface area contributed by atoms with E-state index in [0.717, 1.165) is 6.07 Å². The molecule has 76 valence electrons. The zero-order valence-corrected chi connectivity index (χ0v) is 6.76. The summed E-state index contributed by atoms with van der Waals surface area (Å²) in [5.41, 5.74) is 4.58. The Hall–Kier alpha value is -1.86. The maximum Gasteiger partial charge on any atom is 0.451 e. The summed E-state index contributed by atoms with van der Waals surface area (Å²) in [4.78, 5) is 0. The lowest BCUT2D eigenvalue weighted by Crippen LogP contribution is -2.38. The Morgan fingerprint density at radius 3 is 2.50 bits per heavy atom. The Morgan fingerprint density at radius 1 is 1.43 bits per heavy atom. The normalized spacial score (nSPS) is 11.4. The van der Waals surface area contributed by atoms with Gasteiger partial charge in [0.15, 0.2) is 0 Å². The molecular formula is C6H6F3N5. The summed E-state index contributed by atoms with van der Waals surface area (Å²) in [7, 11) is 0. The summed E-state index contributed by atoms with van der Waals surface area (Å²) < 4.78 is 36.2. The number of alkyl halides is 3. The Morgan fingerprint density at radius 2 is 2.00 bits per heavy atom. The van der Waals surface area contributed by atoms with Crippen LogP contribution < -0.4 is 11.2 Å². The molecule has 8 heteroatoms. The number of nitrogens with one attached hydrogen (secondary N) is 2. The lowest BCUT2D eigenvalue weighted by atomic mass is 10.5. The molecule has 0 radical (unpaired) electrons. The zero-order valence-electron chi connectivity index (χ0n) is 6.76. The number of nitrogen functional groups attached to an aromatic ring is 1. The van der Waals surface area contributed by atoms with Crippen molar-refractivity contribution in [2.45, 2.75) is 6.18 Å². The lowest BCUT2D eigenvalue weighted by molar-refractivity contribution is -0.0632. The summed E-state index contributed by atoms with van der Waals surface area (Å²) in [6, 6.07) is 2.21. The first-order chi connectivity index (χ1) is 6.32. The number of aromatic nitrogens is 2. The molecule has 5 nitrogen and oxygen atoms in total. The smallest absolute Gasteiger partial charge is 0.382 e. The van der Waals surface area contributed by atoms with Crippen molar-refractivity contribution in [3.8, 4) is 0 Å². The van der Waals surface area contributed by atoms with Crippen LogP contribution in [0.3, 0.4) is 0 Å². The van der Waals surface area contributed by atoms with Crippen molar-refractivity contribution < 1.29 is 13.2 Å². The fourth-order valence-corrected chi connectivity index (χ4v) is 0.728. The Balaban J connectivity index is 3.27. The molecule has 0 aliphatic rings. The molecular weight excluding hydrogens is 199 g/mol. The van der Waals surface area contributed by atoms with Gasteiger partial charge in [-0.25, -0.2) is 0 Å². The topological polar surface area (TPSA) is 91.5 Å². The minimum absolute atomic E-state index is 0.120. The lowest BCUT2D eigenvalue weighted by Gasteiger charge is -2.10. The van der Waals surface area contributed by atoms with Crippen LogP contribution in [-0.4, -0.2) is 21.8 Å². The first-order valence-electron chi connectivity index (χ1n) is 3.39. The maximum absolute atomic E-state index is 12.0. The second-order valence-electron chi connectivity index (χ2n) is 2.40. The van der Waals surface area contributed by atoms with E-state index in [1.54, 1.807) is 0 Å². The van der Waals surface area contributed by atoms with E-state index in [1.165, 1.54) is 6.07 Å². The SMILES string of the molecule is N=C(n1nc(N)ccc1=N)C(F)(F)F. The van der Waals surface area contributed by atoms with Crippen LogP contribution in [0.2, 0.25) is 0 Å². The third-order valence-corrected chi connectivity index (χ3v) is 1.34.